The smallest absolute Gasteiger partial charge is 0.279 e. The molecular weight excluding hydrogens is 416 g/mol. The van der Waals surface area contributed by atoms with Gasteiger partial charge in [-0.05, 0) is 41.2 Å². The molecule has 0 aliphatic carbocycles. The summed E-state index contributed by atoms with van der Waals surface area (Å²) in [6, 6.07) is 14.0. The SMILES string of the molecule is Cc1c(Cl)cccc1-n1ccn2c(SCc3ccccc3C(C)(C)C)nnc2c1=O. The highest BCUT2D eigenvalue weighted by Crippen LogP contribution is 2.30. The zero-order valence-corrected chi connectivity index (χ0v) is 19.0. The molecule has 0 saturated carbocycles. The van der Waals surface area contributed by atoms with Crippen molar-refractivity contribution in [3.05, 3.63) is 86.9 Å². The lowest BCUT2D eigenvalue weighted by molar-refractivity contribution is 0.585. The van der Waals surface area contributed by atoms with Crippen LogP contribution < -0.4 is 5.56 Å². The van der Waals surface area contributed by atoms with Crippen molar-refractivity contribution in [3.63, 3.8) is 0 Å². The van der Waals surface area contributed by atoms with Crippen molar-refractivity contribution < 1.29 is 0 Å². The lowest BCUT2D eigenvalue weighted by Gasteiger charge is -2.22. The largest absolute Gasteiger partial charge is 0.300 e. The molecule has 30 heavy (non-hydrogen) atoms. The number of hydrogen-bond donors (Lipinski definition) is 0. The fourth-order valence-electron chi connectivity index (χ4n) is 3.53. The van der Waals surface area contributed by atoms with Gasteiger partial charge in [-0.15, -0.1) is 10.2 Å². The predicted octanol–water partition coefficient (Wildman–Crippen LogP) is 5.43. The molecule has 0 unspecified atom stereocenters. The Labute approximate surface area is 184 Å². The average Bonchev–Trinajstić information content (AvgIpc) is 3.13. The van der Waals surface area contributed by atoms with Gasteiger partial charge < -0.3 is 0 Å². The van der Waals surface area contributed by atoms with Crippen LogP contribution in [0.2, 0.25) is 5.02 Å². The van der Waals surface area contributed by atoms with Crippen molar-refractivity contribution >= 4 is 29.0 Å². The molecule has 0 amide bonds. The molecule has 2 aromatic heterocycles. The number of benzene rings is 2. The van der Waals surface area contributed by atoms with E-state index in [4.69, 9.17) is 11.6 Å². The molecule has 0 aliphatic heterocycles. The minimum absolute atomic E-state index is 0.0621. The zero-order chi connectivity index (χ0) is 21.5. The van der Waals surface area contributed by atoms with Gasteiger partial charge in [0.05, 0.1) is 5.69 Å². The zero-order valence-electron chi connectivity index (χ0n) is 17.4. The molecule has 154 valence electrons. The summed E-state index contributed by atoms with van der Waals surface area (Å²) in [5.74, 6) is 0.755. The first-order valence-corrected chi connectivity index (χ1v) is 11.1. The first kappa shape index (κ1) is 20.7. The number of nitrogens with zero attached hydrogens (tertiary/aromatic N) is 4. The maximum atomic E-state index is 13.1. The Bertz CT molecular complexity index is 1290. The van der Waals surface area contributed by atoms with Gasteiger partial charge >= 0.3 is 5.56 Å². The number of fused-ring (bicyclic) bond motifs is 1. The van der Waals surface area contributed by atoms with Crippen LogP contribution in [0.4, 0.5) is 0 Å². The molecule has 0 fully saturated rings. The maximum Gasteiger partial charge on any atom is 0.300 e. The summed E-state index contributed by atoms with van der Waals surface area (Å²) in [5.41, 5.74) is 4.29. The van der Waals surface area contributed by atoms with E-state index in [1.807, 2.05) is 31.3 Å². The summed E-state index contributed by atoms with van der Waals surface area (Å²) in [7, 11) is 0. The molecule has 0 atom stereocenters. The Hall–Kier alpha value is -2.57. The standard InChI is InChI=1S/C23H23ClN4OS/c1-15-18(24)10-7-11-19(15)27-12-13-28-20(21(27)29)25-26-22(28)30-14-16-8-5-6-9-17(16)23(2,3)4/h5-13H,14H2,1-4H3. The summed E-state index contributed by atoms with van der Waals surface area (Å²) in [4.78, 5) is 13.1. The molecule has 0 radical (unpaired) electrons. The van der Waals surface area contributed by atoms with E-state index in [0.717, 1.165) is 17.0 Å². The van der Waals surface area contributed by atoms with Crippen molar-refractivity contribution in [2.24, 2.45) is 0 Å². The molecule has 0 bridgehead atoms. The molecule has 2 aromatic carbocycles. The maximum absolute atomic E-state index is 13.1. The average molecular weight is 439 g/mol. The fraction of sp³-hybridized carbons (Fsp3) is 0.261. The summed E-state index contributed by atoms with van der Waals surface area (Å²) in [5, 5.41) is 9.76. The van der Waals surface area contributed by atoms with E-state index in [9.17, 15) is 4.79 Å². The van der Waals surface area contributed by atoms with E-state index < -0.39 is 0 Å². The topological polar surface area (TPSA) is 52.2 Å². The second kappa shape index (κ2) is 7.93. The van der Waals surface area contributed by atoms with Crippen molar-refractivity contribution in [1.29, 1.82) is 0 Å². The molecule has 2 heterocycles. The number of rotatable bonds is 4. The third-order valence-corrected chi connectivity index (χ3v) is 6.52. The van der Waals surface area contributed by atoms with Crippen LogP contribution in [0.3, 0.4) is 0 Å². The van der Waals surface area contributed by atoms with Gasteiger partial charge in [-0.3, -0.25) is 13.8 Å². The van der Waals surface area contributed by atoms with E-state index in [1.165, 1.54) is 11.1 Å². The molecule has 5 nitrogen and oxygen atoms in total. The number of aromatic nitrogens is 4. The van der Waals surface area contributed by atoms with Gasteiger partial charge in [0.2, 0.25) is 5.65 Å². The molecule has 0 N–H and O–H groups in total. The molecule has 4 rings (SSSR count). The number of hydrogen-bond acceptors (Lipinski definition) is 4. The quantitative estimate of drug-likeness (QED) is 0.398. The van der Waals surface area contributed by atoms with Crippen LogP contribution in [0.5, 0.6) is 0 Å². The summed E-state index contributed by atoms with van der Waals surface area (Å²) >= 11 is 7.81. The van der Waals surface area contributed by atoms with E-state index in [1.54, 1.807) is 26.9 Å². The van der Waals surface area contributed by atoms with Gasteiger partial charge in [-0.2, -0.15) is 0 Å². The highest BCUT2D eigenvalue weighted by Gasteiger charge is 2.19. The third kappa shape index (κ3) is 3.77. The lowest BCUT2D eigenvalue weighted by atomic mass is 9.84. The van der Waals surface area contributed by atoms with Gasteiger partial charge in [0.25, 0.3) is 0 Å². The van der Waals surface area contributed by atoms with Crippen LogP contribution in [0, 0.1) is 6.92 Å². The van der Waals surface area contributed by atoms with Crippen LogP contribution in [0.1, 0.15) is 37.5 Å². The van der Waals surface area contributed by atoms with Crippen molar-refractivity contribution in [1.82, 2.24) is 19.2 Å². The van der Waals surface area contributed by atoms with E-state index in [-0.39, 0.29) is 11.0 Å². The van der Waals surface area contributed by atoms with E-state index >= 15 is 0 Å². The summed E-state index contributed by atoms with van der Waals surface area (Å²) in [6.07, 6.45) is 3.57. The second-order valence-corrected chi connectivity index (χ2v) is 9.58. The molecular formula is C23H23ClN4OS. The first-order valence-electron chi connectivity index (χ1n) is 9.70. The van der Waals surface area contributed by atoms with Gasteiger partial charge in [0.15, 0.2) is 5.16 Å². The van der Waals surface area contributed by atoms with Crippen LogP contribution in [-0.4, -0.2) is 19.2 Å². The van der Waals surface area contributed by atoms with E-state index in [0.29, 0.717) is 15.8 Å². The first-order chi connectivity index (χ1) is 14.3. The normalized spacial score (nSPS) is 11.9. The Morgan fingerprint density at radius 3 is 2.57 bits per heavy atom. The van der Waals surface area contributed by atoms with Gasteiger partial charge in [-0.25, -0.2) is 0 Å². The minimum Gasteiger partial charge on any atom is -0.279 e. The van der Waals surface area contributed by atoms with Gasteiger partial charge in [0, 0.05) is 23.2 Å². The molecule has 4 aromatic rings. The fourth-order valence-corrected chi connectivity index (χ4v) is 4.62. The van der Waals surface area contributed by atoms with Crippen molar-refractivity contribution in [2.75, 3.05) is 0 Å². The van der Waals surface area contributed by atoms with Gasteiger partial charge in [0.1, 0.15) is 0 Å². The van der Waals surface area contributed by atoms with Crippen LogP contribution >= 0.6 is 23.4 Å². The second-order valence-electron chi connectivity index (χ2n) is 8.23. The predicted molar refractivity (Wildman–Crippen MR) is 123 cm³/mol. The third-order valence-electron chi connectivity index (χ3n) is 5.12. The Kier molecular flexibility index (Phi) is 5.47. The number of thioether (sulfide) groups is 1. The minimum atomic E-state index is -0.225. The highest BCUT2D eigenvalue weighted by molar-refractivity contribution is 7.98. The monoisotopic (exact) mass is 438 g/mol. The van der Waals surface area contributed by atoms with Crippen LogP contribution in [0.15, 0.2) is 64.8 Å². The van der Waals surface area contributed by atoms with Crippen LogP contribution in [0.25, 0.3) is 11.3 Å². The Morgan fingerprint density at radius 1 is 1.03 bits per heavy atom. The summed E-state index contributed by atoms with van der Waals surface area (Å²) in [6.45, 7) is 8.53. The highest BCUT2D eigenvalue weighted by atomic mass is 35.5. The molecule has 7 heteroatoms. The lowest BCUT2D eigenvalue weighted by Crippen LogP contribution is -2.21. The van der Waals surface area contributed by atoms with Crippen molar-refractivity contribution in [2.45, 2.75) is 44.0 Å². The summed E-state index contributed by atoms with van der Waals surface area (Å²) < 4.78 is 3.32. The van der Waals surface area contributed by atoms with Crippen LogP contribution in [-0.2, 0) is 11.2 Å². The van der Waals surface area contributed by atoms with Gasteiger partial charge in [-0.1, -0.05) is 74.5 Å². The van der Waals surface area contributed by atoms with Crippen molar-refractivity contribution in [3.8, 4) is 5.69 Å². The number of halogens is 1. The molecule has 0 aliphatic rings. The van der Waals surface area contributed by atoms with E-state index in [2.05, 4.69) is 55.2 Å². The Morgan fingerprint density at radius 2 is 1.80 bits per heavy atom. The Balaban J connectivity index is 1.68. The molecule has 0 saturated heterocycles. The molecule has 0 spiro atoms.